The van der Waals surface area contributed by atoms with E-state index in [9.17, 15) is 28.0 Å². The first-order valence-corrected chi connectivity index (χ1v) is 16.9. The number of nitrogens with zero attached hydrogens (tertiary/aromatic N) is 3. The third-order valence-corrected chi connectivity index (χ3v) is 10.0. The fourth-order valence-corrected chi connectivity index (χ4v) is 7.66. The summed E-state index contributed by atoms with van der Waals surface area (Å²) in [6.07, 6.45) is 1.51. The molecule has 0 bridgehead atoms. The van der Waals surface area contributed by atoms with Crippen LogP contribution in [-0.2, 0) is 46.9 Å². The van der Waals surface area contributed by atoms with Crippen LogP contribution in [0, 0.1) is 11.6 Å². The van der Waals surface area contributed by atoms with Gasteiger partial charge in [-0.05, 0) is 80.6 Å². The highest BCUT2D eigenvalue weighted by atomic mass is 35.5. The minimum atomic E-state index is -1.74. The molecular formula is C36H36ClF2N5O7. The van der Waals surface area contributed by atoms with E-state index < -0.39 is 58.7 Å². The van der Waals surface area contributed by atoms with Crippen LogP contribution in [0.4, 0.5) is 25.1 Å². The van der Waals surface area contributed by atoms with Crippen LogP contribution < -0.4 is 10.6 Å². The van der Waals surface area contributed by atoms with E-state index >= 15 is 0 Å². The second-order valence-electron chi connectivity index (χ2n) is 14.3. The fraction of sp³-hybridized carbons (Fsp3) is 0.417. The number of piperazine rings is 1. The van der Waals surface area contributed by atoms with Crippen molar-refractivity contribution in [2.75, 3.05) is 50.2 Å². The van der Waals surface area contributed by atoms with Crippen molar-refractivity contribution in [1.82, 2.24) is 14.8 Å². The number of anilines is 2. The van der Waals surface area contributed by atoms with Crippen LogP contribution in [0.15, 0.2) is 48.7 Å². The van der Waals surface area contributed by atoms with Crippen LogP contribution in [0.25, 0.3) is 0 Å². The number of nitrogens with one attached hydrogen (secondary N) is 2. The lowest BCUT2D eigenvalue weighted by molar-refractivity contribution is -0.165. The number of ether oxygens (including phenoxy) is 3. The van der Waals surface area contributed by atoms with E-state index in [4.69, 9.17) is 25.8 Å². The summed E-state index contributed by atoms with van der Waals surface area (Å²) in [6.45, 7) is 3.91. The van der Waals surface area contributed by atoms with Gasteiger partial charge in [0.05, 0.1) is 48.6 Å². The second-order valence-corrected chi connectivity index (χ2v) is 14.7. The topological polar surface area (TPSA) is 139 Å². The molecule has 2 aromatic carbocycles. The number of hydrogen-bond donors (Lipinski definition) is 2. The van der Waals surface area contributed by atoms with E-state index in [0.29, 0.717) is 24.7 Å². The van der Waals surface area contributed by atoms with Gasteiger partial charge in [0, 0.05) is 24.4 Å². The predicted molar refractivity (Wildman–Crippen MR) is 180 cm³/mol. The lowest BCUT2D eigenvalue weighted by Crippen LogP contribution is -2.72. The number of rotatable bonds is 4. The molecule has 51 heavy (non-hydrogen) atoms. The minimum absolute atomic E-state index is 0.0259. The van der Waals surface area contributed by atoms with Gasteiger partial charge in [-0.15, -0.1) is 0 Å². The van der Waals surface area contributed by atoms with Gasteiger partial charge in [0.15, 0.2) is 5.54 Å². The zero-order valence-corrected chi connectivity index (χ0v) is 28.9. The molecule has 2 atom stereocenters. The van der Waals surface area contributed by atoms with E-state index in [-0.39, 0.29) is 55.2 Å². The highest BCUT2D eigenvalue weighted by Gasteiger charge is 2.57. The number of amides is 4. The molecule has 7 rings (SSSR count). The van der Waals surface area contributed by atoms with Crippen molar-refractivity contribution in [2.45, 2.75) is 56.2 Å². The maximum absolute atomic E-state index is 14.7. The molecule has 3 aliphatic heterocycles. The number of carbonyl (C=O) groups is 4. The Balaban J connectivity index is 1.20. The van der Waals surface area contributed by atoms with Gasteiger partial charge in [0.2, 0.25) is 11.8 Å². The maximum Gasteiger partial charge on any atom is 0.411 e. The van der Waals surface area contributed by atoms with Crippen molar-refractivity contribution in [3.63, 3.8) is 0 Å². The highest BCUT2D eigenvalue weighted by Crippen LogP contribution is 2.48. The van der Waals surface area contributed by atoms with E-state index in [1.54, 1.807) is 45.2 Å². The molecule has 2 fully saturated rings. The fourth-order valence-electron chi connectivity index (χ4n) is 7.43. The Bertz CT molecular complexity index is 1930. The van der Waals surface area contributed by atoms with Gasteiger partial charge in [0.1, 0.15) is 29.6 Å². The molecule has 2 unspecified atom stereocenters. The molecule has 1 aromatic heterocycles. The number of benzene rings is 2. The monoisotopic (exact) mass is 723 g/mol. The molecule has 4 heterocycles. The zero-order valence-electron chi connectivity index (χ0n) is 28.2. The number of fused-ring (bicyclic) bond motifs is 3. The standard InChI is InChI=1S/C36H36ClF2N5O7/c1-34(2,3)51-33(48)44-16-28(20-9-23(38)13-24(39)10-20)43(32(47)36(44)18-49-7-8-50-19-36)17-29(45)41-27-12-22-15-35(14-21(22)11-26(27)37)25-5-4-6-40-30(25)42-31(35)46/h4-6,9-13,28H,7-8,14-19H2,1-3H3,(H,41,45)(H,40,42,46). The van der Waals surface area contributed by atoms with Crippen molar-refractivity contribution in [3.05, 3.63) is 87.6 Å². The summed E-state index contributed by atoms with van der Waals surface area (Å²) < 4.78 is 46.3. The summed E-state index contributed by atoms with van der Waals surface area (Å²) in [7, 11) is 0. The molecule has 3 aromatic rings. The third kappa shape index (κ3) is 6.29. The minimum Gasteiger partial charge on any atom is -0.444 e. The SMILES string of the molecule is CC(C)(C)OC(=O)N1CC(c2cc(F)cc(F)c2)N(CC(=O)Nc2cc3c(cc2Cl)CC2(C3)C(=O)Nc3ncccc32)C(=O)C12COCCOC2. The van der Waals surface area contributed by atoms with E-state index in [1.165, 1.54) is 9.80 Å². The average Bonchev–Trinajstić information content (AvgIpc) is 3.42. The Morgan fingerprint density at radius 1 is 1.06 bits per heavy atom. The Morgan fingerprint density at radius 3 is 2.39 bits per heavy atom. The van der Waals surface area contributed by atoms with Gasteiger partial charge in [-0.3, -0.25) is 19.3 Å². The Hall–Kier alpha value is -4.66. The normalized spacial score (nSPS) is 22.4. The van der Waals surface area contributed by atoms with Gasteiger partial charge in [-0.1, -0.05) is 17.7 Å². The van der Waals surface area contributed by atoms with E-state index in [1.807, 2.05) is 6.07 Å². The van der Waals surface area contributed by atoms with Crippen molar-refractivity contribution in [3.8, 4) is 0 Å². The van der Waals surface area contributed by atoms with Crippen LogP contribution >= 0.6 is 11.6 Å². The summed E-state index contributed by atoms with van der Waals surface area (Å²) >= 11 is 6.67. The summed E-state index contributed by atoms with van der Waals surface area (Å²) in [5.74, 6) is -2.84. The van der Waals surface area contributed by atoms with Crippen LogP contribution in [0.5, 0.6) is 0 Å². The first kappa shape index (κ1) is 34.8. The molecule has 1 aliphatic carbocycles. The molecule has 2 saturated heterocycles. The second kappa shape index (κ2) is 12.8. The molecule has 15 heteroatoms. The van der Waals surface area contributed by atoms with Gasteiger partial charge in [-0.25, -0.2) is 18.6 Å². The number of carbonyl (C=O) groups excluding carboxylic acids is 4. The average molecular weight is 724 g/mol. The number of halogens is 3. The number of hydrogen-bond acceptors (Lipinski definition) is 8. The van der Waals surface area contributed by atoms with Crippen LogP contribution in [0.2, 0.25) is 5.02 Å². The molecule has 2 spiro atoms. The van der Waals surface area contributed by atoms with Crippen molar-refractivity contribution >= 4 is 46.9 Å². The third-order valence-electron chi connectivity index (χ3n) is 9.70. The van der Waals surface area contributed by atoms with Crippen molar-refractivity contribution < 1.29 is 42.2 Å². The highest BCUT2D eigenvalue weighted by molar-refractivity contribution is 6.34. The Labute approximate surface area is 297 Å². The van der Waals surface area contributed by atoms with Crippen molar-refractivity contribution in [1.29, 1.82) is 0 Å². The van der Waals surface area contributed by atoms with Crippen molar-refractivity contribution in [2.24, 2.45) is 0 Å². The Morgan fingerprint density at radius 2 is 1.73 bits per heavy atom. The van der Waals surface area contributed by atoms with Crippen LogP contribution in [-0.4, -0.2) is 89.3 Å². The molecule has 0 saturated carbocycles. The lowest BCUT2D eigenvalue weighted by Gasteiger charge is -2.51. The number of aromatic nitrogens is 1. The molecule has 4 amide bonds. The first-order valence-electron chi connectivity index (χ1n) is 16.5. The number of pyridine rings is 1. The van der Waals surface area contributed by atoms with E-state index in [0.717, 1.165) is 28.8 Å². The smallest absolute Gasteiger partial charge is 0.411 e. The summed E-state index contributed by atoms with van der Waals surface area (Å²) in [4.78, 5) is 62.0. The largest absolute Gasteiger partial charge is 0.444 e. The molecule has 2 N–H and O–H groups in total. The van der Waals surface area contributed by atoms with Gasteiger partial charge >= 0.3 is 6.09 Å². The maximum atomic E-state index is 14.7. The quantitative estimate of drug-likeness (QED) is 0.400. The van der Waals surface area contributed by atoms with E-state index in [2.05, 4.69) is 15.6 Å². The molecular weight excluding hydrogens is 688 g/mol. The molecule has 12 nitrogen and oxygen atoms in total. The zero-order chi connectivity index (χ0) is 36.3. The predicted octanol–water partition coefficient (Wildman–Crippen LogP) is 4.55. The molecule has 268 valence electrons. The molecule has 4 aliphatic rings. The first-order chi connectivity index (χ1) is 24.2. The summed E-state index contributed by atoms with van der Waals surface area (Å²) in [5, 5.41) is 5.87. The van der Waals surface area contributed by atoms with Crippen LogP contribution in [0.1, 0.15) is 49.1 Å². The summed E-state index contributed by atoms with van der Waals surface area (Å²) in [6, 6.07) is 8.70. The lowest BCUT2D eigenvalue weighted by atomic mass is 9.79. The van der Waals surface area contributed by atoms with Gasteiger partial charge < -0.3 is 29.7 Å². The molecule has 0 radical (unpaired) electrons. The van der Waals surface area contributed by atoms with Crippen LogP contribution in [0.3, 0.4) is 0 Å². The summed E-state index contributed by atoms with van der Waals surface area (Å²) in [5.41, 5.74) is -0.815. The Kier molecular flexibility index (Phi) is 8.75. The van der Waals surface area contributed by atoms with Gasteiger partial charge in [0.25, 0.3) is 5.91 Å². The van der Waals surface area contributed by atoms with Gasteiger partial charge in [-0.2, -0.15) is 0 Å².